The number of rotatable bonds is 2. The van der Waals surface area contributed by atoms with Gasteiger partial charge in [0.25, 0.3) is 5.91 Å². The molecule has 3 rings (SSSR count). The predicted molar refractivity (Wildman–Crippen MR) is 98.8 cm³/mol. The van der Waals surface area contributed by atoms with Crippen LogP contribution in [-0.4, -0.2) is 49.6 Å². The van der Waals surface area contributed by atoms with Crippen molar-refractivity contribution in [3.8, 4) is 0 Å². The van der Waals surface area contributed by atoms with Gasteiger partial charge in [0.15, 0.2) is 0 Å². The van der Waals surface area contributed by atoms with Crippen LogP contribution in [0.4, 0.5) is 0 Å². The summed E-state index contributed by atoms with van der Waals surface area (Å²) in [6.07, 6.45) is 7.61. The number of sulfonamides is 1. The van der Waals surface area contributed by atoms with Crippen LogP contribution in [0.5, 0.6) is 0 Å². The van der Waals surface area contributed by atoms with Crippen LogP contribution in [-0.2, 0) is 19.6 Å². The van der Waals surface area contributed by atoms with Gasteiger partial charge in [-0.1, -0.05) is 11.6 Å². The maximum absolute atomic E-state index is 12.4. The summed E-state index contributed by atoms with van der Waals surface area (Å²) in [6, 6.07) is 0. The zero-order chi connectivity index (χ0) is 19.1. The predicted octanol–water partition coefficient (Wildman–Crippen LogP) is 1.16. The molecule has 1 saturated heterocycles. The first-order valence-corrected chi connectivity index (χ1v) is 10.5. The zero-order valence-corrected chi connectivity index (χ0v) is 16.0. The Hall–Kier alpha value is -2.06. The van der Waals surface area contributed by atoms with Crippen LogP contribution in [0.2, 0.25) is 0 Å². The molecule has 0 aromatic carbocycles. The Balaban J connectivity index is 1.71. The van der Waals surface area contributed by atoms with Crippen LogP contribution in [0.3, 0.4) is 0 Å². The van der Waals surface area contributed by atoms with E-state index in [0.717, 1.165) is 11.3 Å². The molecule has 0 radical (unpaired) electrons. The molecule has 26 heavy (non-hydrogen) atoms. The molecule has 0 bridgehead atoms. The van der Waals surface area contributed by atoms with Crippen LogP contribution in [0.15, 0.2) is 40.1 Å². The van der Waals surface area contributed by atoms with Crippen molar-refractivity contribution < 1.29 is 18.0 Å². The minimum absolute atomic E-state index is 0.0137. The highest BCUT2D eigenvalue weighted by Gasteiger charge is 2.30. The topological polar surface area (TPSA) is 95.9 Å². The second-order valence-electron chi connectivity index (χ2n) is 7.01. The fraction of sp³-hybridized carbons (Fsp3) is 0.500. The highest BCUT2D eigenvalue weighted by Crippen LogP contribution is 2.30. The van der Waals surface area contributed by atoms with E-state index in [1.807, 2.05) is 13.0 Å². The summed E-state index contributed by atoms with van der Waals surface area (Å²) in [5.41, 5.74) is 2.96. The standard InChI is InChI=1S/C18H23N3O4S/c1-11-12(2)17(22)20-16-10-14(4-5-15(11)16)19-18(23)13-6-8-21(9-7-13)26(3,24)25/h4-5,10,13,15H,6-9H2,1-3H3,(H,20,22). The molecule has 1 fully saturated rings. The average Bonchev–Trinajstić information content (AvgIpc) is 2.59. The molecule has 2 heterocycles. The second kappa shape index (κ2) is 6.92. The maximum Gasteiger partial charge on any atom is 0.251 e. The molecule has 8 heteroatoms. The molecule has 7 nitrogen and oxygen atoms in total. The van der Waals surface area contributed by atoms with Crippen molar-refractivity contribution in [2.75, 3.05) is 19.3 Å². The van der Waals surface area contributed by atoms with Gasteiger partial charge in [-0.15, -0.1) is 0 Å². The lowest BCUT2D eigenvalue weighted by Gasteiger charge is -2.29. The van der Waals surface area contributed by atoms with E-state index in [-0.39, 0.29) is 23.7 Å². The fourth-order valence-corrected chi connectivity index (χ4v) is 4.32. The van der Waals surface area contributed by atoms with Gasteiger partial charge in [-0.2, -0.15) is 0 Å². The molecule has 1 N–H and O–H groups in total. The summed E-state index contributed by atoms with van der Waals surface area (Å²) < 4.78 is 24.5. The Labute approximate surface area is 153 Å². The molecular formula is C18H23N3O4S. The van der Waals surface area contributed by atoms with Gasteiger partial charge < -0.3 is 5.32 Å². The molecule has 140 valence electrons. The molecule has 0 aromatic rings. The first-order valence-electron chi connectivity index (χ1n) is 8.63. The minimum Gasteiger partial charge on any atom is -0.325 e. The zero-order valence-electron chi connectivity index (χ0n) is 15.2. The maximum atomic E-state index is 12.4. The first kappa shape index (κ1) is 18.7. The molecule has 0 spiro atoms. The van der Waals surface area contributed by atoms with Crippen LogP contribution in [0.1, 0.15) is 26.7 Å². The summed E-state index contributed by atoms with van der Waals surface area (Å²) in [6.45, 7) is 4.42. The Morgan fingerprint density at radius 1 is 1.27 bits per heavy atom. The number of carbonyl (C=O) groups excluding carboxylic acids is 2. The van der Waals surface area contributed by atoms with Crippen LogP contribution >= 0.6 is 0 Å². The highest BCUT2D eigenvalue weighted by molar-refractivity contribution is 7.88. The van der Waals surface area contributed by atoms with E-state index in [9.17, 15) is 18.0 Å². The van der Waals surface area contributed by atoms with Crippen molar-refractivity contribution in [1.29, 1.82) is 0 Å². The van der Waals surface area contributed by atoms with Crippen LogP contribution in [0, 0.1) is 11.8 Å². The lowest BCUT2D eigenvalue weighted by Crippen LogP contribution is -2.39. The second-order valence-corrected chi connectivity index (χ2v) is 8.99. The van der Waals surface area contributed by atoms with Crippen LogP contribution < -0.4 is 5.32 Å². The normalized spacial score (nSPS) is 26.6. The van der Waals surface area contributed by atoms with Crippen molar-refractivity contribution in [2.45, 2.75) is 26.7 Å². The summed E-state index contributed by atoms with van der Waals surface area (Å²) in [4.78, 5) is 28.6. The summed E-state index contributed by atoms with van der Waals surface area (Å²) in [7, 11) is -3.21. The van der Waals surface area contributed by atoms with Gasteiger partial charge in [0, 0.05) is 36.2 Å². The first-order chi connectivity index (χ1) is 12.2. The molecule has 1 atom stereocenters. The van der Waals surface area contributed by atoms with E-state index in [1.54, 1.807) is 19.1 Å². The summed E-state index contributed by atoms with van der Waals surface area (Å²) in [5, 5.41) is 2.85. The number of hydrogen-bond donors (Lipinski definition) is 1. The van der Waals surface area contributed by atoms with Crippen molar-refractivity contribution in [3.05, 3.63) is 35.1 Å². The van der Waals surface area contributed by atoms with Gasteiger partial charge in [-0.25, -0.2) is 17.7 Å². The van der Waals surface area contributed by atoms with Crippen molar-refractivity contribution in [1.82, 2.24) is 9.62 Å². The SMILES string of the molecule is CC1=C(C)C2C=CC(=NC(=O)C3CCN(S(C)(=O)=O)CC3)C=C2NC1=O. The monoisotopic (exact) mass is 377 g/mol. The van der Waals surface area contributed by atoms with E-state index in [1.165, 1.54) is 10.6 Å². The Kier molecular flexibility index (Phi) is 4.98. The number of hydrogen-bond acceptors (Lipinski definition) is 4. The largest absolute Gasteiger partial charge is 0.325 e. The molecule has 0 aromatic heterocycles. The third-order valence-corrected chi connectivity index (χ3v) is 6.57. The number of aliphatic imine (C=N–C) groups is 1. The van der Waals surface area contributed by atoms with E-state index < -0.39 is 10.0 Å². The molecule has 2 amide bonds. The average molecular weight is 377 g/mol. The Morgan fingerprint density at radius 3 is 2.54 bits per heavy atom. The number of allylic oxidation sites excluding steroid dienone is 3. The van der Waals surface area contributed by atoms with Crippen LogP contribution in [0.25, 0.3) is 0 Å². The van der Waals surface area contributed by atoms with Gasteiger partial charge in [-0.05, 0) is 38.8 Å². The lowest BCUT2D eigenvalue weighted by molar-refractivity contribution is -0.122. The smallest absolute Gasteiger partial charge is 0.251 e. The van der Waals surface area contributed by atoms with Crippen molar-refractivity contribution in [2.24, 2.45) is 16.8 Å². The van der Waals surface area contributed by atoms with Gasteiger partial charge in [0.05, 0.1) is 12.0 Å². The lowest BCUT2D eigenvalue weighted by atomic mass is 9.85. The number of carbonyl (C=O) groups is 2. The van der Waals surface area contributed by atoms with E-state index >= 15 is 0 Å². The quantitative estimate of drug-likeness (QED) is 0.781. The number of nitrogens with one attached hydrogen (secondary N) is 1. The molecular weight excluding hydrogens is 354 g/mol. The third kappa shape index (κ3) is 3.71. The van der Waals surface area contributed by atoms with E-state index in [0.29, 0.717) is 37.2 Å². The van der Waals surface area contributed by atoms with Gasteiger partial charge in [0.1, 0.15) is 0 Å². The highest BCUT2D eigenvalue weighted by atomic mass is 32.2. The third-order valence-electron chi connectivity index (χ3n) is 5.27. The number of amides is 2. The molecule has 1 aliphatic carbocycles. The number of nitrogens with zero attached hydrogens (tertiary/aromatic N) is 2. The molecule has 1 unspecified atom stereocenters. The van der Waals surface area contributed by atoms with E-state index in [2.05, 4.69) is 10.3 Å². The molecule has 2 aliphatic heterocycles. The minimum atomic E-state index is -3.21. The number of piperidine rings is 1. The summed E-state index contributed by atoms with van der Waals surface area (Å²) >= 11 is 0. The molecule has 0 saturated carbocycles. The number of fused-ring (bicyclic) bond motifs is 1. The van der Waals surface area contributed by atoms with Crippen molar-refractivity contribution in [3.63, 3.8) is 0 Å². The van der Waals surface area contributed by atoms with Gasteiger partial charge in [0.2, 0.25) is 15.9 Å². The van der Waals surface area contributed by atoms with Gasteiger partial charge >= 0.3 is 0 Å². The Bertz CT molecular complexity index is 872. The fourth-order valence-electron chi connectivity index (χ4n) is 3.45. The van der Waals surface area contributed by atoms with Crippen molar-refractivity contribution >= 4 is 27.5 Å². The van der Waals surface area contributed by atoms with Gasteiger partial charge in [-0.3, -0.25) is 9.59 Å². The summed E-state index contributed by atoms with van der Waals surface area (Å²) in [5.74, 6) is -0.618. The molecule has 3 aliphatic rings. The Morgan fingerprint density at radius 2 is 1.92 bits per heavy atom. The van der Waals surface area contributed by atoms with E-state index in [4.69, 9.17) is 0 Å².